The van der Waals surface area contributed by atoms with Crippen LogP contribution >= 0.6 is 7.82 Å². The van der Waals surface area contributed by atoms with Crippen LogP contribution in [0.15, 0.2) is 12.2 Å². The number of rotatable bonds is 20. The van der Waals surface area contributed by atoms with Crippen molar-refractivity contribution in [2.75, 3.05) is 13.2 Å². The Morgan fingerprint density at radius 3 is 2.00 bits per heavy atom. The smallest absolute Gasteiger partial charge is 0.350 e. The molecule has 0 rings (SSSR count). The van der Waals surface area contributed by atoms with Gasteiger partial charge in [-0.25, -0.2) is 4.57 Å². The maximum atomic E-state index is 11.8. The Morgan fingerprint density at radius 1 is 0.966 bits per heavy atom. The van der Waals surface area contributed by atoms with Crippen molar-refractivity contribution in [2.45, 2.75) is 103 Å². The van der Waals surface area contributed by atoms with Gasteiger partial charge < -0.3 is 20.8 Å². The highest BCUT2D eigenvalue weighted by Gasteiger charge is 2.18. The van der Waals surface area contributed by atoms with Crippen LogP contribution in [0, 0.1) is 0 Å². The number of phosphoric ester groups is 1. The Labute approximate surface area is 177 Å². The van der Waals surface area contributed by atoms with Gasteiger partial charge in [-0.15, -0.1) is 0 Å². The van der Waals surface area contributed by atoms with Crippen molar-refractivity contribution in [3.63, 3.8) is 0 Å². The first kappa shape index (κ1) is 28.3. The quantitative estimate of drug-likeness (QED) is 0.126. The van der Waals surface area contributed by atoms with Crippen molar-refractivity contribution >= 4 is 13.7 Å². The van der Waals surface area contributed by atoms with E-state index >= 15 is 0 Å². The predicted molar refractivity (Wildman–Crippen MR) is 118 cm³/mol. The van der Waals surface area contributed by atoms with E-state index in [-0.39, 0.29) is 19.1 Å². The van der Waals surface area contributed by atoms with Crippen molar-refractivity contribution in [3.05, 3.63) is 12.2 Å². The zero-order chi connectivity index (χ0) is 21.8. The first-order valence-electron chi connectivity index (χ1n) is 11.2. The summed E-state index contributed by atoms with van der Waals surface area (Å²) in [5.41, 5.74) is 5.48. The molecule has 0 aromatic heterocycles. The van der Waals surface area contributed by atoms with E-state index in [2.05, 4.69) is 28.9 Å². The number of carbonyl (C=O) groups is 1. The second-order valence-electron chi connectivity index (χ2n) is 7.62. The number of hydrogen-bond donors (Lipinski definition) is 4. The molecule has 0 fully saturated rings. The minimum atomic E-state index is -4.54. The summed E-state index contributed by atoms with van der Waals surface area (Å²) in [6.07, 6.45) is 20.7. The number of hydrogen-bond acceptors (Lipinski definition) is 4. The summed E-state index contributed by atoms with van der Waals surface area (Å²) in [5.74, 6) is -0.160. The van der Waals surface area contributed by atoms with Crippen LogP contribution in [-0.4, -0.2) is 34.9 Å². The average Bonchev–Trinajstić information content (AvgIpc) is 2.67. The predicted octanol–water partition coefficient (Wildman–Crippen LogP) is 4.58. The van der Waals surface area contributed by atoms with Crippen LogP contribution < -0.4 is 11.1 Å². The Morgan fingerprint density at radius 2 is 1.48 bits per heavy atom. The number of nitrogens with one attached hydrogen (secondary N) is 1. The molecular weight excluding hydrogens is 391 g/mol. The summed E-state index contributed by atoms with van der Waals surface area (Å²) in [6.45, 7) is 2.02. The first-order chi connectivity index (χ1) is 13.9. The highest BCUT2D eigenvalue weighted by Crippen LogP contribution is 2.35. The fourth-order valence-electron chi connectivity index (χ4n) is 3.01. The van der Waals surface area contributed by atoms with Crippen molar-refractivity contribution in [3.8, 4) is 0 Å². The van der Waals surface area contributed by atoms with Crippen LogP contribution in [0.1, 0.15) is 96.8 Å². The zero-order valence-corrected chi connectivity index (χ0v) is 19.1. The lowest BCUT2D eigenvalue weighted by Crippen LogP contribution is -2.43. The molecule has 172 valence electrons. The molecule has 0 aliphatic carbocycles. The first-order valence-corrected chi connectivity index (χ1v) is 12.8. The van der Waals surface area contributed by atoms with Gasteiger partial charge in [0.15, 0.2) is 0 Å². The van der Waals surface area contributed by atoms with Gasteiger partial charge in [-0.2, -0.15) is 0 Å². The molecule has 5 N–H and O–H groups in total. The van der Waals surface area contributed by atoms with Crippen LogP contribution in [0.4, 0.5) is 0 Å². The van der Waals surface area contributed by atoms with Crippen LogP contribution in [0.2, 0.25) is 0 Å². The van der Waals surface area contributed by atoms with Gasteiger partial charge in [0, 0.05) is 13.0 Å². The van der Waals surface area contributed by atoms with Gasteiger partial charge in [0.2, 0.25) is 5.91 Å². The highest BCUT2D eigenvalue weighted by atomic mass is 31.2. The Kier molecular flexibility index (Phi) is 18.8. The number of unbranched alkanes of at least 4 members (excludes halogenated alkanes) is 11. The summed E-state index contributed by atoms with van der Waals surface area (Å²) < 4.78 is 15.1. The second-order valence-corrected chi connectivity index (χ2v) is 8.86. The van der Waals surface area contributed by atoms with Gasteiger partial charge in [0.1, 0.15) is 0 Å². The Balaban J connectivity index is 3.49. The molecule has 7 nitrogen and oxygen atoms in total. The van der Waals surface area contributed by atoms with E-state index < -0.39 is 13.9 Å². The second kappa shape index (κ2) is 19.3. The van der Waals surface area contributed by atoms with E-state index in [0.29, 0.717) is 6.42 Å². The molecule has 0 unspecified atom stereocenters. The van der Waals surface area contributed by atoms with Crippen LogP contribution in [0.5, 0.6) is 0 Å². The van der Waals surface area contributed by atoms with E-state index in [0.717, 1.165) is 25.7 Å². The van der Waals surface area contributed by atoms with E-state index in [1.807, 2.05) is 0 Å². The summed E-state index contributed by atoms with van der Waals surface area (Å²) in [7, 11) is -4.54. The van der Waals surface area contributed by atoms with Gasteiger partial charge in [-0.3, -0.25) is 9.32 Å². The zero-order valence-electron chi connectivity index (χ0n) is 18.2. The minimum Gasteiger partial charge on any atom is -0.350 e. The summed E-state index contributed by atoms with van der Waals surface area (Å²) in [5, 5.41) is 2.65. The third-order valence-corrected chi connectivity index (χ3v) is 5.24. The molecule has 0 aromatic carbocycles. The van der Waals surface area contributed by atoms with Crippen LogP contribution in [0.25, 0.3) is 0 Å². The molecular formula is C21H43N2O5P. The molecule has 1 atom stereocenters. The number of nitrogens with two attached hydrogens (primary N) is 1. The maximum absolute atomic E-state index is 11.8. The third-order valence-electron chi connectivity index (χ3n) is 4.76. The number of allylic oxidation sites excluding steroid dienone is 2. The molecule has 0 aliphatic rings. The van der Waals surface area contributed by atoms with Crippen LogP contribution in [0.3, 0.4) is 0 Å². The molecule has 0 spiro atoms. The van der Waals surface area contributed by atoms with Crippen molar-refractivity contribution in [1.29, 1.82) is 0 Å². The molecule has 0 radical (unpaired) electrons. The molecule has 0 heterocycles. The monoisotopic (exact) mass is 434 g/mol. The molecule has 8 heteroatoms. The van der Waals surface area contributed by atoms with Gasteiger partial charge in [-0.1, -0.05) is 70.4 Å². The SMILES string of the molecule is CCCCCCCC/C=C\CCCCCCCC(=O)N[C@@H](CN)COP(=O)(O)O. The Bertz CT molecular complexity index is 468. The van der Waals surface area contributed by atoms with Gasteiger partial charge in [0.05, 0.1) is 12.6 Å². The summed E-state index contributed by atoms with van der Waals surface area (Å²) in [6, 6.07) is -0.585. The fraction of sp³-hybridized carbons (Fsp3) is 0.857. The molecule has 0 saturated carbocycles. The topological polar surface area (TPSA) is 122 Å². The fourth-order valence-corrected chi connectivity index (χ4v) is 3.39. The van der Waals surface area contributed by atoms with Crippen molar-refractivity contribution < 1.29 is 23.7 Å². The Hall–Kier alpha value is -0.720. The van der Waals surface area contributed by atoms with E-state index in [1.54, 1.807) is 0 Å². The van der Waals surface area contributed by atoms with E-state index in [9.17, 15) is 9.36 Å². The lowest BCUT2D eigenvalue weighted by Gasteiger charge is -2.17. The number of amides is 1. The molecule has 0 bridgehead atoms. The van der Waals surface area contributed by atoms with Gasteiger partial charge in [0.25, 0.3) is 0 Å². The van der Waals surface area contributed by atoms with Gasteiger partial charge >= 0.3 is 7.82 Å². The summed E-state index contributed by atoms with van der Waals surface area (Å²) in [4.78, 5) is 29.2. The van der Waals surface area contributed by atoms with Crippen molar-refractivity contribution in [1.82, 2.24) is 5.32 Å². The minimum absolute atomic E-state index is 0.0676. The molecule has 0 saturated heterocycles. The normalized spacial score (nSPS) is 13.1. The average molecular weight is 435 g/mol. The summed E-state index contributed by atoms with van der Waals surface area (Å²) >= 11 is 0. The highest BCUT2D eigenvalue weighted by molar-refractivity contribution is 7.46. The molecule has 0 aliphatic heterocycles. The largest absolute Gasteiger partial charge is 0.469 e. The molecule has 0 aromatic rings. The van der Waals surface area contributed by atoms with Crippen LogP contribution in [-0.2, 0) is 13.9 Å². The van der Waals surface area contributed by atoms with E-state index in [1.165, 1.54) is 57.8 Å². The van der Waals surface area contributed by atoms with Crippen molar-refractivity contribution in [2.24, 2.45) is 5.73 Å². The third kappa shape index (κ3) is 21.8. The maximum Gasteiger partial charge on any atom is 0.469 e. The number of carbonyl (C=O) groups excluding carboxylic acids is 1. The van der Waals surface area contributed by atoms with E-state index in [4.69, 9.17) is 15.5 Å². The lowest BCUT2D eigenvalue weighted by atomic mass is 10.1. The standard InChI is InChI=1S/C21H43N2O5P/c1-2-3-4-5-6-7-8-9-10-11-12-13-14-15-16-17-21(24)23-20(18-22)19-28-29(25,26)27/h9-10,20H,2-8,11-19,22H2,1H3,(H,23,24)(H2,25,26,27)/b10-9-/t20-/m0/s1. The molecule has 1 amide bonds. The molecule has 29 heavy (non-hydrogen) atoms. The van der Waals surface area contributed by atoms with Gasteiger partial charge in [-0.05, 0) is 32.1 Å². The lowest BCUT2D eigenvalue weighted by molar-refractivity contribution is -0.122. The number of phosphoric acid groups is 1.